The average molecular weight is 413 g/mol. The van der Waals surface area contributed by atoms with Crippen molar-refractivity contribution in [2.75, 3.05) is 6.61 Å². The van der Waals surface area contributed by atoms with Crippen LogP contribution in [0.3, 0.4) is 0 Å². The third-order valence-corrected chi connectivity index (χ3v) is 5.08. The van der Waals surface area contributed by atoms with Crippen molar-refractivity contribution < 1.29 is 14.3 Å². The Kier molecular flexibility index (Phi) is 10.9. The van der Waals surface area contributed by atoms with E-state index in [0.717, 1.165) is 55.8 Å². The molecule has 0 spiro atoms. The molecule has 0 aliphatic rings. The van der Waals surface area contributed by atoms with Crippen molar-refractivity contribution >= 4 is 5.97 Å². The number of carbonyl (C=O) groups is 1. The van der Waals surface area contributed by atoms with E-state index in [1.165, 1.54) is 19.3 Å². The molecule has 0 radical (unpaired) electrons. The third kappa shape index (κ3) is 8.13. The topological polar surface area (TPSA) is 61.3 Å². The summed E-state index contributed by atoms with van der Waals surface area (Å²) < 4.78 is 11.5. The second kappa shape index (κ2) is 13.7. The molecule has 1 unspecified atom stereocenters. The maximum atomic E-state index is 12.5. The molecule has 5 heteroatoms. The van der Waals surface area contributed by atoms with E-state index in [4.69, 9.17) is 9.47 Å². The van der Waals surface area contributed by atoms with Gasteiger partial charge in [0.2, 0.25) is 0 Å². The molecule has 5 nitrogen and oxygen atoms in total. The lowest BCUT2D eigenvalue weighted by Gasteiger charge is -2.17. The number of esters is 1. The fourth-order valence-corrected chi connectivity index (χ4v) is 3.20. The fourth-order valence-electron chi connectivity index (χ4n) is 3.20. The normalized spacial score (nSPS) is 11.8. The first-order chi connectivity index (χ1) is 14.7. The van der Waals surface area contributed by atoms with Crippen LogP contribution < -0.4 is 4.74 Å². The number of ether oxygens (including phenoxy) is 2. The first-order valence-corrected chi connectivity index (χ1v) is 11.4. The van der Waals surface area contributed by atoms with Crippen LogP contribution in [0.1, 0.15) is 100.0 Å². The highest BCUT2D eigenvalue weighted by Crippen LogP contribution is 2.25. The van der Waals surface area contributed by atoms with E-state index >= 15 is 0 Å². The second-order valence-electron chi connectivity index (χ2n) is 7.63. The highest BCUT2D eigenvalue weighted by Gasteiger charge is 2.17. The maximum absolute atomic E-state index is 12.5. The van der Waals surface area contributed by atoms with Crippen LogP contribution in [0.4, 0.5) is 0 Å². The largest absolute Gasteiger partial charge is 0.494 e. The third-order valence-electron chi connectivity index (χ3n) is 5.08. The van der Waals surface area contributed by atoms with Crippen molar-refractivity contribution in [3.8, 4) is 5.75 Å². The number of rotatable bonds is 14. The van der Waals surface area contributed by atoms with Gasteiger partial charge in [0.1, 0.15) is 17.7 Å². The minimum atomic E-state index is -0.391. The van der Waals surface area contributed by atoms with Gasteiger partial charge in [0, 0.05) is 18.8 Å². The standard InChI is InChI=1S/C25H36N2O3/c1-4-7-9-11-17-29-22-15-13-20(14-16-22)23(6-3)30-25(28)21-18-26-24(27-19-21)12-10-8-5-2/h13-16,18-19,23H,4-12,17H2,1-3H3. The van der Waals surface area contributed by atoms with Crippen molar-refractivity contribution in [1.82, 2.24) is 9.97 Å². The number of aryl methyl sites for hydroxylation is 1. The van der Waals surface area contributed by atoms with Crippen LogP contribution >= 0.6 is 0 Å². The molecule has 1 aromatic heterocycles. The monoisotopic (exact) mass is 412 g/mol. The highest BCUT2D eigenvalue weighted by atomic mass is 16.5. The smallest absolute Gasteiger partial charge is 0.341 e. The zero-order valence-corrected chi connectivity index (χ0v) is 18.7. The van der Waals surface area contributed by atoms with Gasteiger partial charge in [0.25, 0.3) is 0 Å². The Morgan fingerprint density at radius 3 is 2.20 bits per heavy atom. The quantitative estimate of drug-likeness (QED) is 0.263. The molecule has 0 saturated carbocycles. The molecule has 1 aromatic carbocycles. The van der Waals surface area contributed by atoms with E-state index in [2.05, 4.69) is 23.8 Å². The summed E-state index contributed by atoms with van der Waals surface area (Å²) in [5.74, 6) is 1.24. The Hall–Kier alpha value is -2.43. The van der Waals surface area contributed by atoms with Crippen LogP contribution in [0.25, 0.3) is 0 Å². The molecule has 2 aromatic rings. The van der Waals surface area contributed by atoms with E-state index in [9.17, 15) is 4.79 Å². The van der Waals surface area contributed by atoms with Gasteiger partial charge in [-0.25, -0.2) is 14.8 Å². The van der Waals surface area contributed by atoms with Gasteiger partial charge in [-0.3, -0.25) is 0 Å². The molecule has 0 fully saturated rings. The predicted octanol–water partition coefficient (Wildman–Crippen LogP) is 6.48. The van der Waals surface area contributed by atoms with Crippen LogP contribution in [0.15, 0.2) is 36.7 Å². The van der Waals surface area contributed by atoms with E-state index in [1.807, 2.05) is 31.2 Å². The Bertz CT molecular complexity index is 729. The first-order valence-electron chi connectivity index (χ1n) is 11.4. The lowest BCUT2D eigenvalue weighted by atomic mass is 10.1. The van der Waals surface area contributed by atoms with E-state index in [0.29, 0.717) is 12.0 Å². The highest BCUT2D eigenvalue weighted by molar-refractivity contribution is 5.88. The van der Waals surface area contributed by atoms with Crippen LogP contribution in [0.2, 0.25) is 0 Å². The van der Waals surface area contributed by atoms with Gasteiger partial charge in [0.05, 0.1) is 12.2 Å². The van der Waals surface area contributed by atoms with Crippen LogP contribution in [0.5, 0.6) is 5.75 Å². The van der Waals surface area contributed by atoms with Gasteiger partial charge in [-0.05, 0) is 37.0 Å². The molecular formula is C25H36N2O3. The minimum absolute atomic E-state index is 0.305. The summed E-state index contributed by atoms with van der Waals surface area (Å²) in [6.07, 6.45) is 12.5. The summed E-state index contributed by atoms with van der Waals surface area (Å²) in [6, 6.07) is 7.83. The maximum Gasteiger partial charge on any atom is 0.341 e. The SMILES string of the molecule is CCCCCCOc1ccc(C(CC)OC(=O)c2cnc(CCCCC)nc2)cc1. The number of carbonyl (C=O) groups excluding carboxylic acids is 1. The molecule has 1 heterocycles. The molecule has 0 aliphatic carbocycles. The van der Waals surface area contributed by atoms with Gasteiger partial charge in [-0.15, -0.1) is 0 Å². The van der Waals surface area contributed by atoms with Crippen molar-refractivity contribution in [2.24, 2.45) is 0 Å². The van der Waals surface area contributed by atoms with Gasteiger partial charge in [0.15, 0.2) is 0 Å². The Morgan fingerprint density at radius 2 is 1.57 bits per heavy atom. The minimum Gasteiger partial charge on any atom is -0.494 e. The summed E-state index contributed by atoms with van der Waals surface area (Å²) in [6.45, 7) is 7.11. The lowest BCUT2D eigenvalue weighted by Crippen LogP contribution is -2.12. The number of benzene rings is 1. The zero-order valence-electron chi connectivity index (χ0n) is 18.7. The van der Waals surface area contributed by atoms with Gasteiger partial charge in [-0.1, -0.05) is 65.0 Å². The van der Waals surface area contributed by atoms with Crippen molar-refractivity contribution in [3.63, 3.8) is 0 Å². The summed E-state index contributed by atoms with van der Waals surface area (Å²) in [7, 11) is 0. The van der Waals surface area contributed by atoms with Crippen LogP contribution in [-0.2, 0) is 11.2 Å². The zero-order chi connectivity index (χ0) is 21.6. The number of nitrogens with zero attached hydrogens (tertiary/aromatic N) is 2. The number of unbranched alkanes of at least 4 members (excludes halogenated alkanes) is 5. The summed E-state index contributed by atoms with van der Waals surface area (Å²) in [5.41, 5.74) is 1.35. The van der Waals surface area contributed by atoms with Crippen molar-refractivity contribution in [2.45, 2.75) is 84.7 Å². The molecular weight excluding hydrogens is 376 g/mol. The average Bonchev–Trinajstić information content (AvgIpc) is 2.78. The second-order valence-corrected chi connectivity index (χ2v) is 7.63. The van der Waals surface area contributed by atoms with Gasteiger partial charge in [-0.2, -0.15) is 0 Å². The van der Waals surface area contributed by atoms with Crippen LogP contribution in [0, 0.1) is 0 Å². The Balaban J connectivity index is 1.87. The first kappa shape index (κ1) is 23.8. The molecule has 2 rings (SSSR count). The van der Waals surface area contributed by atoms with Crippen molar-refractivity contribution in [1.29, 1.82) is 0 Å². The summed E-state index contributed by atoms with van der Waals surface area (Å²) in [4.78, 5) is 21.1. The fraction of sp³-hybridized carbons (Fsp3) is 0.560. The molecule has 30 heavy (non-hydrogen) atoms. The van der Waals surface area contributed by atoms with E-state index in [1.54, 1.807) is 12.4 Å². The van der Waals surface area contributed by atoms with Gasteiger partial charge < -0.3 is 9.47 Å². The van der Waals surface area contributed by atoms with E-state index < -0.39 is 5.97 Å². The number of hydrogen-bond donors (Lipinski definition) is 0. The summed E-state index contributed by atoms with van der Waals surface area (Å²) >= 11 is 0. The van der Waals surface area contributed by atoms with Crippen molar-refractivity contribution in [3.05, 3.63) is 53.6 Å². The molecule has 1 atom stereocenters. The molecule has 0 bridgehead atoms. The summed E-state index contributed by atoms with van der Waals surface area (Å²) in [5, 5.41) is 0. The molecule has 0 saturated heterocycles. The molecule has 0 N–H and O–H groups in total. The molecule has 164 valence electrons. The number of aromatic nitrogens is 2. The number of hydrogen-bond acceptors (Lipinski definition) is 5. The Morgan fingerprint density at radius 1 is 0.900 bits per heavy atom. The van der Waals surface area contributed by atoms with Gasteiger partial charge >= 0.3 is 5.97 Å². The predicted molar refractivity (Wildman–Crippen MR) is 120 cm³/mol. The molecule has 0 aliphatic heterocycles. The Labute approximate surface area is 181 Å². The van der Waals surface area contributed by atoms with E-state index in [-0.39, 0.29) is 6.10 Å². The lowest BCUT2D eigenvalue weighted by molar-refractivity contribution is 0.0286. The molecule has 0 amide bonds. The van der Waals surface area contributed by atoms with Crippen LogP contribution in [-0.4, -0.2) is 22.5 Å².